The van der Waals surface area contributed by atoms with Crippen LogP contribution in [0.3, 0.4) is 0 Å². The lowest BCUT2D eigenvalue weighted by Crippen LogP contribution is -2.02. The second-order valence-corrected chi connectivity index (χ2v) is 8.88. The minimum atomic E-state index is -1.08. The molecule has 0 atom stereocenters. The zero-order valence-electron chi connectivity index (χ0n) is 18.5. The van der Waals surface area contributed by atoms with Crippen molar-refractivity contribution in [3.05, 3.63) is 105 Å². The first-order valence-corrected chi connectivity index (χ1v) is 11.5. The van der Waals surface area contributed by atoms with Crippen LogP contribution in [0.5, 0.6) is 0 Å². The molecule has 174 valence electrons. The van der Waals surface area contributed by atoms with Gasteiger partial charge in [-0.15, -0.1) is 0 Å². The lowest BCUT2D eigenvalue weighted by atomic mass is 10.1. The van der Waals surface area contributed by atoms with E-state index in [1.165, 1.54) is 12.1 Å². The summed E-state index contributed by atoms with van der Waals surface area (Å²) in [5.41, 5.74) is 4.78. The summed E-state index contributed by atoms with van der Waals surface area (Å²) in [6, 6.07) is 21.4. The number of hydrogen-bond donors (Lipinski definition) is 1. The highest BCUT2D eigenvalue weighted by molar-refractivity contribution is 8.03. The Kier molecular flexibility index (Phi) is 5.84. The number of aromatic nitrogens is 2. The molecule has 0 aliphatic carbocycles. The molecular weight excluding hydrogens is 466 g/mol. The maximum Gasteiger partial charge on any atom is 0.342 e. The van der Waals surface area contributed by atoms with Crippen LogP contribution in [0, 0.1) is 17.0 Å². The summed E-state index contributed by atoms with van der Waals surface area (Å²) in [5.74, 6) is -1.08. The number of para-hydroxylation sites is 3. The number of nitrogens with zero attached hydrogens (tertiary/aromatic N) is 3. The predicted molar refractivity (Wildman–Crippen MR) is 134 cm³/mol. The Bertz CT molecular complexity index is 1580. The molecule has 0 spiro atoms. The molecule has 35 heavy (non-hydrogen) atoms. The van der Waals surface area contributed by atoms with Gasteiger partial charge in [-0.2, -0.15) is 0 Å². The highest BCUT2D eigenvalue weighted by Crippen LogP contribution is 2.34. The standard InChI is InChI=1S/C26H19N3O5S/c1-16-20(14-24(25(30)31)35-26-27-21-7-3-5-9-23(21)34-26)19-6-2-4-8-22(19)28(16)15-17-10-12-18(13-11-17)29(32)33/h2-14H,15H2,1H3,(H,30,31)/b24-14-. The third-order valence-corrected chi connectivity index (χ3v) is 6.59. The van der Waals surface area contributed by atoms with E-state index in [0.717, 1.165) is 39.5 Å². The summed E-state index contributed by atoms with van der Waals surface area (Å²) in [6.45, 7) is 2.42. The largest absolute Gasteiger partial charge is 0.477 e. The maximum absolute atomic E-state index is 12.1. The normalized spacial score (nSPS) is 11.9. The smallest absolute Gasteiger partial charge is 0.342 e. The van der Waals surface area contributed by atoms with E-state index in [2.05, 4.69) is 9.55 Å². The van der Waals surface area contributed by atoms with Gasteiger partial charge in [-0.3, -0.25) is 10.1 Å². The number of benzene rings is 3. The van der Waals surface area contributed by atoms with E-state index in [1.54, 1.807) is 24.3 Å². The first-order valence-electron chi connectivity index (χ1n) is 10.7. The van der Waals surface area contributed by atoms with Gasteiger partial charge in [0, 0.05) is 40.8 Å². The van der Waals surface area contributed by atoms with E-state index in [9.17, 15) is 20.0 Å². The van der Waals surface area contributed by atoms with Crippen molar-refractivity contribution in [3.63, 3.8) is 0 Å². The van der Waals surface area contributed by atoms with Crippen molar-refractivity contribution in [2.24, 2.45) is 0 Å². The monoisotopic (exact) mass is 485 g/mol. The van der Waals surface area contributed by atoms with Crippen LogP contribution in [-0.2, 0) is 11.3 Å². The maximum atomic E-state index is 12.1. The number of nitro groups is 1. The molecule has 0 aliphatic heterocycles. The molecular formula is C26H19N3O5S. The predicted octanol–water partition coefficient (Wildman–Crippen LogP) is 6.27. The number of aliphatic carboxylic acids is 1. The Morgan fingerprint density at radius 1 is 1.11 bits per heavy atom. The second-order valence-electron chi connectivity index (χ2n) is 7.89. The van der Waals surface area contributed by atoms with Gasteiger partial charge in [-0.1, -0.05) is 42.5 Å². The molecule has 0 unspecified atom stereocenters. The number of carbonyl (C=O) groups is 1. The molecule has 9 heteroatoms. The lowest BCUT2D eigenvalue weighted by molar-refractivity contribution is -0.384. The van der Waals surface area contributed by atoms with Gasteiger partial charge in [0.05, 0.1) is 4.92 Å². The summed E-state index contributed by atoms with van der Waals surface area (Å²) >= 11 is 0.963. The van der Waals surface area contributed by atoms with Crippen LogP contribution >= 0.6 is 11.8 Å². The van der Waals surface area contributed by atoms with Gasteiger partial charge in [0.1, 0.15) is 10.4 Å². The van der Waals surface area contributed by atoms with E-state index in [4.69, 9.17) is 4.42 Å². The van der Waals surface area contributed by atoms with Crippen molar-refractivity contribution >= 4 is 51.5 Å². The number of non-ortho nitro benzene ring substituents is 1. The average molecular weight is 486 g/mol. The summed E-state index contributed by atoms with van der Waals surface area (Å²) in [7, 11) is 0. The number of nitro benzene ring substituents is 1. The molecule has 0 bridgehead atoms. The molecule has 2 aromatic heterocycles. The third-order valence-electron chi connectivity index (χ3n) is 5.73. The first kappa shape index (κ1) is 22.4. The van der Waals surface area contributed by atoms with Crippen LogP contribution in [0.4, 0.5) is 5.69 Å². The Hall–Kier alpha value is -4.37. The van der Waals surface area contributed by atoms with Crippen molar-refractivity contribution < 1.29 is 19.2 Å². The number of carboxylic acid groups (broad SMARTS) is 1. The minimum Gasteiger partial charge on any atom is -0.477 e. The van der Waals surface area contributed by atoms with Gasteiger partial charge in [-0.25, -0.2) is 9.78 Å². The SMILES string of the molecule is Cc1c(/C=C(\Sc2nc3ccccc3o2)C(=O)O)c2ccccc2n1Cc1ccc([N+](=O)[O-])cc1. The Morgan fingerprint density at radius 2 is 1.83 bits per heavy atom. The van der Waals surface area contributed by atoms with Crippen LogP contribution < -0.4 is 0 Å². The number of rotatable bonds is 7. The van der Waals surface area contributed by atoms with Gasteiger partial charge < -0.3 is 14.1 Å². The van der Waals surface area contributed by atoms with Gasteiger partial charge in [0.2, 0.25) is 0 Å². The molecule has 0 fully saturated rings. The molecule has 0 saturated carbocycles. The summed E-state index contributed by atoms with van der Waals surface area (Å²) < 4.78 is 7.78. The molecule has 1 N–H and O–H groups in total. The number of oxazole rings is 1. The van der Waals surface area contributed by atoms with Gasteiger partial charge in [0.25, 0.3) is 10.9 Å². The highest BCUT2D eigenvalue weighted by Gasteiger charge is 2.19. The van der Waals surface area contributed by atoms with Crippen LogP contribution in [0.25, 0.3) is 28.1 Å². The number of fused-ring (bicyclic) bond motifs is 2. The van der Waals surface area contributed by atoms with Crippen LogP contribution in [-0.4, -0.2) is 25.6 Å². The fraction of sp³-hybridized carbons (Fsp3) is 0.0769. The van der Waals surface area contributed by atoms with Gasteiger partial charge in [-0.05, 0) is 48.5 Å². The average Bonchev–Trinajstić information content (AvgIpc) is 3.38. The minimum absolute atomic E-state index is 0.0359. The topological polar surface area (TPSA) is 111 Å². The lowest BCUT2D eigenvalue weighted by Gasteiger charge is -2.09. The zero-order chi connectivity index (χ0) is 24.5. The Morgan fingerprint density at radius 3 is 2.54 bits per heavy atom. The van der Waals surface area contributed by atoms with Crippen molar-refractivity contribution in [3.8, 4) is 0 Å². The van der Waals surface area contributed by atoms with Crippen molar-refractivity contribution in [1.82, 2.24) is 9.55 Å². The van der Waals surface area contributed by atoms with Crippen molar-refractivity contribution in [1.29, 1.82) is 0 Å². The zero-order valence-corrected chi connectivity index (χ0v) is 19.4. The van der Waals surface area contributed by atoms with Crippen LogP contribution in [0.2, 0.25) is 0 Å². The molecule has 0 saturated heterocycles. The first-order chi connectivity index (χ1) is 16.9. The van der Waals surface area contributed by atoms with E-state index in [-0.39, 0.29) is 15.8 Å². The second kappa shape index (κ2) is 9.11. The van der Waals surface area contributed by atoms with E-state index < -0.39 is 10.9 Å². The molecule has 0 amide bonds. The molecule has 0 radical (unpaired) electrons. The van der Waals surface area contributed by atoms with Crippen molar-refractivity contribution in [2.75, 3.05) is 0 Å². The van der Waals surface area contributed by atoms with E-state index in [1.807, 2.05) is 49.4 Å². The van der Waals surface area contributed by atoms with Crippen molar-refractivity contribution in [2.45, 2.75) is 18.7 Å². The van der Waals surface area contributed by atoms with Gasteiger partial charge in [0.15, 0.2) is 5.58 Å². The molecule has 0 aliphatic rings. The third kappa shape index (κ3) is 4.41. The summed E-state index contributed by atoms with van der Waals surface area (Å²) in [6.07, 6.45) is 1.64. The molecule has 5 rings (SSSR count). The Labute approximate surface area is 203 Å². The summed E-state index contributed by atoms with van der Waals surface area (Å²) in [4.78, 5) is 27.1. The number of thioether (sulfide) groups is 1. The number of carboxylic acids is 1. The summed E-state index contributed by atoms with van der Waals surface area (Å²) in [5, 5.41) is 22.1. The fourth-order valence-electron chi connectivity index (χ4n) is 4.00. The fourth-order valence-corrected chi connectivity index (χ4v) is 4.73. The molecule has 8 nitrogen and oxygen atoms in total. The van der Waals surface area contributed by atoms with Gasteiger partial charge >= 0.3 is 5.97 Å². The Balaban J connectivity index is 1.55. The van der Waals surface area contributed by atoms with Crippen LogP contribution in [0.15, 0.2) is 87.3 Å². The molecule has 3 aromatic carbocycles. The molecule has 5 aromatic rings. The molecule has 2 heterocycles. The number of hydrogen-bond acceptors (Lipinski definition) is 6. The van der Waals surface area contributed by atoms with Crippen LogP contribution in [0.1, 0.15) is 16.8 Å². The van der Waals surface area contributed by atoms with E-state index in [0.29, 0.717) is 17.6 Å². The highest BCUT2D eigenvalue weighted by atomic mass is 32.2. The van der Waals surface area contributed by atoms with E-state index >= 15 is 0 Å². The quantitative estimate of drug-likeness (QED) is 0.125.